The van der Waals surface area contributed by atoms with Crippen molar-refractivity contribution in [3.05, 3.63) is 65.8 Å². The standard InChI is InChI=1S/C43H61BrN4O10/c1-27(10-17-37-28(2)22-36(31(5)57-37)46-39(50)19-12-29(3)56-32(6)49)11-18-38-42(53)43(26-55-43)24-35(58-38)23-40(51)48-47-30(4)33-13-15-34(16-14-33)54-21-9-7-8-20-45-41(52)25-44/h10-16,18-19,28-29,31,35-38,42,53H,7-9,17,20-26H2,1-6H3,(H,45,52)(H,46,50)(H,48,51)/b18-11+,19-12-,27-10+,47-30+/t28-,29-,31+,35+,36+,37-,38+,42+,43+/m0/s1. The van der Waals surface area contributed by atoms with Crippen LogP contribution in [0.15, 0.2) is 65.3 Å². The number of carbonyl (C=O) groups is 4. The zero-order valence-corrected chi connectivity index (χ0v) is 36.1. The monoisotopic (exact) mass is 872 g/mol. The second-order valence-corrected chi connectivity index (χ2v) is 16.1. The second kappa shape index (κ2) is 23.0. The fourth-order valence-electron chi connectivity index (χ4n) is 7.01. The van der Waals surface area contributed by atoms with E-state index >= 15 is 0 Å². The van der Waals surface area contributed by atoms with Crippen molar-refractivity contribution in [2.45, 2.75) is 135 Å². The largest absolute Gasteiger partial charge is 0.494 e. The minimum Gasteiger partial charge on any atom is -0.494 e. The van der Waals surface area contributed by atoms with Gasteiger partial charge in [-0.2, -0.15) is 5.10 Å². The van der Waals surface area contributed by atoms with Crippen molar-refractivity contribution in [2.24, 2.45) is 11.0 Å². The summed E-state index contributed by atoms with van der Waals surface area (Å²) >= 11 is 3.13. The number of aliphatic hydroxyl groups excluding tert-OH is 1. The lowest BCUT2D eigenvalue weighted by atomic mass is 9.87. The molecule has 3 aliphatic rings. The lowest BCUT2D eigenvalue weighted by Crippen LogP contribution is -2.50. The Morgan fingerprint density at radius 2 is 1.79 bits per heavy atom. The van der Waals surface area contributed by atoms with Crippen LogP contribution >= 0.6 is 15.9 Å². The third-order valence-electron chi connectivity index (χ3n) is 10.5. The normalized spacial score (nSPS) is 28.0. The van der Waals surface area contributed by atoms with Crippen LogP contribution in [-0.2, 0) is 38.1 Å². The molecule has 3 saturated heterocycles. The molecule has 58 heavy (non-hydrogen) atoms. The molecule has 0 saturated carbocycles. The lowest BCUT2D eigenvalue weighted by Gasteiger charge is -2.39. The Morgan fingerprint density at radius 1 is 1.05 bits per heavy atom. The van der Waals surface area contributed by atoms with Gasteiger partial charge in [-0.25, -0.2) is 5.43 Å². The molecule has 1 aromatic rings. The van der Waals surface area contributed by atoms with E-state index in [0.29, 0.717) is 43.6 Å². The van der Waals surface area contributed by atoms with Crippen molar-refractivity contribution in [3.63, 3.8) is 0 Å². The second-order valence-electron chi connectivity index (χ2n) is 15.5. The van der Waals surface area contributed by atoms with E-state index in [1.807, 2.05) is 57.2 Å². The van der Waals surface area contributed by atoms with Crippen LogP contribution < -0.4 is 20.8 Å². The van der Waals surface area contributed by atoms with E-state index in [9.17, 15) is 24.3 Å². The van der Waals surface area contributed by atoms with Crippen LogP contribution in [-0.4, -0.2) is 108 Å². The lowest BCUT2D eigenvalue weighted by molar-refractivity contribution is -0.145. The zero-order chi connectivity index (χ0) is 42.2. The molecule has 0 aliphatic carbocycles. The Bertz CT molecular complexity index is 1660. The summed E-state index contributed by atoms with van der Waals surface area (Å²) in [5.74, 6) is -0.0456. The molecular weight excluding hydrogens is 812 g/mol. The van der Waals surface area contributed by atoms with Crippen LogP contribution in [0.5, 0.6) is 5.75 Å². The number of alkyl halides is 1. The predicted octanol–water partition coefficient (Wildman–Crippen LogP) is 4.96. The molecule has 14 nitrogen and oxygen atoms in total. The number of hydrazone groups is 1. The van der Waals surface area contributed by atoms with E-state index in [2.05, 4.69) is 50.1 Å². The van der Waals surface area contributed by atoms with Gasteiger partial charge in [0.25, 0.3) is 0 Å². The van der Waals surface area contributed by atoms with Gasteiger partial charge in [0, 0.05) is 26.0 Å². The molecule has 9 atom stereocenters. The number of allylic oxidation sites excluding steroid dienone is 2. The number of aliphatic hydroxyl groups is 1. The molecule has 4 N–H and O–H groups in total. The quantitative estimate of drug-likeness (QED) is 0.0204. The summed E-state index contributed by atoms with van der Waals surface area (Å²) in [6.45, 7) is 12.5. The fraction of sp³-hybridized carbons (Fsp3) is 0.605. The fourth-order valence-corrected chi connectivity index (χ4v) is 7.21. The molecule has 1 spiro atoms. The van der Waals surface area contributed by atoms with Gasteiger partial charge in [-0.1, -0.05) is 46.7 Å². The third-order valence-corrected chi connectivity index (χ3v) is 11.0. The van der Waals surface area contributed by atoms with Crippen molar-refractivity contribution < 1.29 is 48.0 Å². The number of ether oxygens (including phenoxy) is 5. The van der Waals surface area contributed by atoms with Gasteiger partial charge in [-0.3, -0.25) is 19.2 Å². The molecule has 0 radical (unpaired) electrons. The molecule has 320 valence electrons. The Balaban J connectivity index is 1.20. The van der Waals surface area contributed by atoms with Crippen LogP contribution in [0.3, 0.4) is 0 Å². The number of nitrogens with one attached hydrogen (secondary N) is 3. The molecule has 0 unspecified atom stereocenters. The molecular formula is C43H61BrN4O10. The number of hydrogen-bond acceptors (Lipinski definition) is 11. The SMILES string of the molecule is CC(=O)O[C@@H](C)/C=C\C(=O)N[C@@H]1C[C@H](C)[C@H](C/C=C(C)/C=C/[C@H]2O[C@H](CC(=O)N/N=C(\C)c3ccc(OCCCCCNC(=O)CBr)cc3)C[C@@]3(CO3)[C@@H]2O)O[C@@H]1C. The Morgan fingerprint density at radius 3 is 2.48 bits per heavy atom. The van der Waals surface area contributed by atoms with E-state index in [1.54, 1.807) is 13.0 Å². The molecule has 3 aliphatic heterocycles. The van der Waals surface area contributed by atoms with Crippen LogP contribution in [0.4, 0.5) is 0 Å². The summed E-state index contributed by atoms with van der Waals surface area (Å²) in [5, 5.41) is 21.6. The third kappa shape index (κ3) is 15.4. The average molecular weight is 874 g/mol. The first-order chi connectivity index (χ1) is 27.7. The average Bonchev–Trinajstić information content (AvgIpc) is 3.96. The highest BCUT2D eigenvalue weighted by Gasteiger charge is 2.58. The smallest absolute Gasteiger partial charge is 0.303 e. The van der Waals surface area contributed by atoms with Gasteiger partial charge in [0.05, 0.1) is 55.0 Å². The van der Waals surface area contributed by atoms with Crippen LogP contribution in [0.1, 0.15) is 92.1 Å². The first-order valence-corrected chi connectivity index (χ1v) is 21.3. The summed E-state index contributed by atoms with van der Waals surface area (Å²) < 4.78 is 29.1. The number of carbonyl (C=O) groups excluding carboxylic acids is 4. The van der Waals surface area contributed by atoms with Crippen molar-refractivity contribution in [2.75, 3.05) is 25.1 Å². The maximum absolute atomic E-state index is 13.0. The number of halogens is 1. The van der Waals surface area contributed by atoms with Gasteiger partial charge in [-0.05, 0) is 102 Å². The Kier molecular flexibility index (Phi) is 18.6. The van der Waals surface area contributed by atoms with Gasteiger partial charge < -0.3 is 39.4 Å². The first kappa shape index (κ1) is 46.8. The molecule has 3 fully saturated rings. The molecule has 0 aromatic heterocycles. The number of epoxide rings is 1. The highest BCUT2D eigenvalue weighted by atomic mass is 79.9. The summed E-state index contributed by atoms with van der Waals surface area (Å²) in [6, 6.07) is 7.37. The molecule has 3 heterocycles. The zero-order valence-electron chi connectivity index (χ0n) is 34.5. The van der Waals surface area contributed by atoms with Gasteiger partial charge in [0.1, 0.15) is 29.7 Å². The number of nitrogens with zero attached hydrogens (tertiary/aromatic N) is 1. The number of unbranched alkanes of at least 4 members (excludes halogenated alkanes) is 2. The summed E-state index contributed by atoms with van der Waals surface area (Å²) in [7, 11) is 0. The van der Waals surface area contributed by atoms with Gasteiger partial charge in [0.2, 0.25) is 17.7 Å². The predicted molar refractivity (Wildman–Crippen MR) is 223 cm³/mol. The number of esters is 1. The highest BCUT2D eigenvalue weighted by molar-refractivity contribution is 9.09. The maximum atomic E-state index is 13.0. The molecule has 4 rings (SSSR count). The van der Waals surface area contributed by atoms with E-state index in [1.165, 1.54) is 13.0 Å². The minimum atomic E-state index is -0.865. The number of hydrogen-bond donors (Lipinski definition) is 4. The highest BCUT2D eigenvalue weighted by Crippen LogP contribution is 2.43. The van der Waals surface area contributed by atoms with E-state index in [0.717, 1.165) is 42.6 Å². The molecule has 0 bridgehead atoms. The topological polar surface area (TPSA) is 186 Å². The number of benzene rings is 1. The van der Waals surface area contributed by atoms with Crippen molar-refractivity contribution >= 4 is 45.3 Å². The summed E-state index contributed by atoms with van der Waals surface area (Å²) in [6.07, 6.45) is 10.7. The number of rotatable bonds is 20. The van der Waals surface area contributed by atoms with Crippen LogP contribution in [0.25, 0.3) is 0 Å². The summed E-state index contributed by atoms with van der Waals surface area (Å²) in [4.78, 5) is 47.8. The molecule has 1 aromatic carbocycles. The van der Waals surface area contributed by atoms with Gasteiger partial charge in [-0.15, -0.1) is 0 Å². The minimum absolute atomic E-state index is 0.0107. The van der Waals surface area contributed by atoms with Gasteiger partial charge in [0.15, 0.2) is 0 Å². The number of amides is 3. The first-order valence-electron chi connectivity index (χ1n) is 20.2. The molecule has 3 amide bonds. The Labute approximate surface area is 350 Å². The van der Waals surface area contributed by atoms with Crippen LogP contribution in [0.2, 0.25) is 0 Å². The van der Waals surface area contributed by atoms with Gasteiger partial charge >= 0.3 is 5.97 Å². The van der Waals surface area contributed by atoms with Crippen molar-refractivity contribution in [1.82, 2.24) is 16.1 Å². The van der Waals surface area contributed by atoms with E-state index in [-0.39, 0.29) is 48.3 Å². The van der Waals surface area contributed by atoms with E-state index < -0.39 is 36.0 Å². The van der Waals surface area contributed by atoms with Crippen molar-refractivity contribution in [1.29, 1.82) is 0 Å². The van der Waals surface area contributed by atoms with Crippen molar-refractivity contribution in [3.8, 4) is 5.75 Å². The van der Waals surface area contributed by atoms with Crippen LogP contribution in [0, 0.1) is 5.92 Å². The summed E-state index contributed by atoms with van der Waals surface area (Å²) in [5.41, 5.74) is 4.37. The van der Waals surface area contributed by atoms with E-state index in [4.69, 9.17) is 23.7 Å². The maximum Gasteiger partial charge on any atom is 0.303 e. The Hall–Kier alpha value is -3.89. The molecule has 15 heteroatoms.